The van der Waals surface area contributed by atoms with E-state index in [1.165, 1.54) is 0 Å². The summed E-state index contributed by atoms with van der Waals surface area (Å²) in [5.41, 5.74) is 0. The first-order chi connectivity index (χ1) is 8.78. The Balaban J connectivity index is 1.72. The van der Waals surface area contributed by atoms with Crippen molar-refractivity contribution >= 4 is 11.9 Å². The molecule has 1 saturated heterocycles. The van der Waals surface area contributed by atoms with Gasteiger partial charge in [-0.2, -0.15) is 4.98 Å². The number of ether oxygens (including phenoxy) is 2. The first-order valence-corrected chi connectivity index (χ1v) is 6.24. The van der Waals surface area contributed by atoms with Gasteiger partial charge in [-0.3, -0.25) is 10.1 Å². The summed E-state index contributed by atoms with van der Waals surface area (Å²) in [6.45, 7) is 3.15. The predicted octanol–water partition coefficient (Wildman–Crippen LogP) is 1.10. The SMILES string of the molecule is CCOc1n[nH]c(NC(=O)CCC2CCCO2)n1. The highest BCUT2D eigenvalue weighted by molar-refractivity contribution is 5.88. The molecule has 0 radical (unpaired) electrons. The zero-order chi connectivity index (χ0) is 12.8. The minimum absolute atomic E-state index is 0.0929. The van der Waals surface area contributed by atoms with Crippen molar-refractivity contribution in [2.24, 2.45) is 0 Å². The molecule has 2 rings (SSSR count). The number of carbonyl (C=O) groups is 1. The molecule has 1 aromatic heterocycles. The molecule has 1 aliphatic rings. The number of nitrogens with one attached hydrogen (secondary N) is 2. The van der Waals surface area contributed by atoms with Gasteiger partial charge < -0.3 is 9.47 Å². The average molecular weight is 254 g/mol. The lowest BCUT2D eigenvalue weighted by atomic mass is 10.1. The van der Waals surface area contributed by atoms with Crippen LogP contribution in [0.5, 0.6) is 6.01 Å². The van der Waals surface area contributed by atoms with Crippen LogP contribution in [0.25, 0.3) is 0 Å². The van der Waals surface area contributed by atoms with Crippen LogP contribution in [0.2, 0.25) is 0 Å². The lowest BCUT2D eigenvalue weighted by molar-refractivity contribution is -0.116. The second-order valence-electron chi connectivity index (χ2n) is 4.12. The van der Waals surface area contributed by atoms with Crippen LogP contribution in [0.3, 0.4) is 0 Å². The maximum absolute atomic E-state index is 11.6. The number of anilines is 1. The Morgan fingerprint density at radius 3 is 3.28 bits per heavy atom. The third kappa shape index (κ3) is 3.69. The maximum Gasteiger partial charge on any atom is 0.337 e. The van der Waals surface area contributed by atoms with Crippen molar-refractivity contribution in [1.29, 1.82) is 0 Å². The van der Waals surface area contributed by atoms with Gasteiger partial charge in [-0.15, -0.1) is 5.10 Å². The molecule has 2 N–H and O–H groups in total. The summed E-state index contributed by atoms with van der Waals surface area (Å²) in [4.78, 5) is 15.6. The van der Waals surface area contributed by atoms with E-state index in [0.717, 1.165) is 25.9 Å². The van der Waals surface area contributed by atoms with E-state index in [1.54, 1.807) is 0 Å². The molecule has 1 aromatic rings. The number of amides is 1. The van der Waals surface area contributed by atoms with Crippen LogP contribution >= 0.6 is 0 Å². The number of hydrogen-bond donors (Lipinski definition) is 2. The lowest BCUT2D eigenvalue weighted by Crippen LogP contribution is -2.16. The van der Waals surface area contributed by atoms with Crippen molar-refractivity contribution in [3.63, 3.8) is 0 Å². The van der Waals surface area contributed by atoms with Gasteiger partial charge in [0.1, 0.15) is 0 Å². The molecule has 7 heteroatoms. The molecule has 0 spiro atoms. The van der Waals surface area contributed by atoms with Gasteiger partial charge in [-0.1, -0.05) is 0 Å². The van der Waals surface area contributed by atoms with Crippen molar-refractivity contribution in [2.45, 2.75) is 38.7 Å². The van der Waals surface area contributed by atoms with Crippen molar-refractivity contribution in [1.82, 2.24) is 15.2 Å². The third-order valence-corrected chi connectivity index (χ3v) is 2.71. The molecule has 1 atom stereocenters. The van der Waals surface area contributed by atoms with E-state index in [1.807, 2.05) is 6.92 Å². The normalized spacial score (nSPS) is 18.8. The molecular formula is C11H18N4O3. The standard InChI is InChI=1S/C11H18N4O3/c1-2-17-11-13-10(14-15-11)12-9(16)6-5-8-4-3-7-18-8/h8H,2-7H2,1H3,(H2,12,13,14,15,16). The van der Waals surface area contributed by atoms with Gasteiger partial charge in [0.05, 0.1) is 12.7 Å². The highest BCUT2D eigenvalue weighted by Crippen LogP contribution is 2.17. The molecule has 0 bridgehead atoms. The zero-order valence-corrected chi connectivity index (χ0v) is 10.4. The topological polar surface area (TPSA) is 89.1 Å². The van der Waals surface area contributed by atoms with Crippen molar-refractivity contribution in [3.05, 3.63) is 0 Å². The van der Waals surface area contributed by atoms with Gasteiger partial charge in [0, 0.05) is 13.0 Å². The number of aromatic nitrogens is 3. The van der Waals surface area contributed by atoms with Crippen LogP contribution in [0.1, 0.15) is 32.6 Å². The number of carbonyl (C=O) groups excluding carboxylic acids is 1. The van der Waals surface area contributed by atoms with Crippen molar-refractivity contribution < 1.29 is 14.3 Å². The van der Waals surface area contributed by atoms with Crippen LogP contribution in [-0.2, 0) is 9.53 Å². The lowest BCUT2D eigenvalue weighted by Gasteiger charge is -2.07. The van der Waals surface area contributed by atoms with Crippen LogP contribution in [0, 0.1) is 0 Å². The van der Waals surface area contributed by atoms with Crippen LogP contribution < -0.4 is 10.1 Å². The van der Waals surface area contributed by atoms with E-state index in [9.17, 15) is 4.79 Å². The number of nitrogens with zero attached hydrogens (tertiary/aromatic N) is 2. The van der Waals surface area contributed by atoms with E-state index < -0.39 is 0 Å². The number of H-pyrrole nitrogens is 1. The predicted molar refractivity (Wildman–Crippen MR) is 64.4 cm³/mol. The van der Waals surface area contributed by atoms with Gasteiger partial charge in [0.25, 0.3) is 0 Å². The summed E-state index contributed by atoms with van der Waals surface area (Å²) >= 11 is 0. The average Bonchev–Trinajstić information content (AvgIpc) is 2.99. The second kappa shape index (κ2) is 6.34. The fourth-order valence-corrected chi connectivity index (χ4v) is 1.85. The minimum Gasteiger partial charge on any atom is -0.463 e. The Kier molecular flexibility index (Phi) is 4.52. The molecule has 0 aliphatic carbocycles. The molecule has 0 saturated carbocycles. The van der Waals surface area contributed by atoms with Crippen molar-refractivity contribution in [3.8, 4) is 6.01 Å². The summed E-state index contributed by atoms with van der Waals surface area (Å²) in [7, 11) is 0. The highest BCUT2D eigenvalue weighted by atomic mass is 16.5. The van der Waals surface area contributed by atoms with E-state index in [0.29, 0.717) is 19.0 Å². The second-order valence-corrected chi connectivity index (χ2v) is 4.12. The van der Waals surface area contributed by atoms with Crippen LogP contribution in [0.15, 0.2) is 0 Å². The van der Waals surface area contributed by atoms with Gasteiger partial charge in [-0.05, 0) is 26.2 Å². The molecular weight excluding hydrogens is 236 g/mol. The third-order valence-electron chi connectivity index (χ3n) is 2.71. The molecule has 0 aromatic carbocycles. The number of aromatic amines is 1. The summed E-state index contributed by atoms with van der Waals surface area (Å²) in [6.07, 6.45) is 3.54. The number of rotatable bonds is 6. The molecule has 18 heavy (non-hydrogen) atoms. The summed E-state index contributed by atoms with van der Waals surface area (Å²) in [5.74, 6) is 0.223. The van der Waals surface area contributed by atoms with E-state index in [-0.39, 0.29) is 18.0 Å². The van der Waals surface area contributed by atoms with E-state index >= 15 is 0 Å². The van der Waals surface area contributed by atoms with E-state index in [4.69, 9.17) is 9.47 Å². The monoisotopic (exact) mass is 254 g/mol. The van der Waals surface area contributed by atoms with Crippen LogP contribution in [0.4, 0.5) is 5.95 Å². The summed E-state index contributed by atoms with van der Waals surface area (Å²) in [5, 5.41) is 9.04. The largest absolute Gasteiger partial charge is 0.463 e. The molecule has 1 amide bonds. The van der Waals surface area contributed by atoms with Crippen molar-refractivity contribution in [2.75, 3.05) is 18.5 Å². The summed E-state index contributed by atoms with van der Waals surface area (Å²) < 4.78 is 10.5. The van der Waals surface area contributed by atoms with Crippen LogP contribution in [-0.4, -0.2) is 40.4 Å². The molecule has 7 nitrogen and oxygen atoms in total. The molecule has 1 aliphatic heterocycles. The molecule has 100 valence electrons. The van der Waals surface area contributed by atoms with E-state index in [2.05, 4.69) is 20.5 Å². The Hall–Kier alpha value is -1.63. The molecule has 2 heterocycles. The first kappa shape index (κ1) is 12.8. The fraction of sp³-hybridized carbons (Fsp3) is 0.727. The van der Waals surface area contributed by atoms with Gasteiger partial charge in [0.15, 0.2) is 0 Å². The Bertz CT molecular complexity index is 387. The van der Waals surface area contributed by atoms with Gasteiger partial charge >= 0.3 is 6.01 Å². The number of hydrogen-bond acceptors (Lipinski definition) is 5. The zero-order valence-electron chi connectivity index (χ0n) is 10.4. The maximum atomic E-state index is 11.6. The fourth-order valence-electron chi connectivity index (χ4n) is 1.85. The minimum atomic E-state index is -0.0929. The Labute approximate surface area is 105 Å². The molecule has 1 unspecified atom stereocenters. The first-order valence-electron chi connectivity index (χ1n) is 6.24. The quantitative estimate of drug-likeness (QED) is 0.793. The Morgan fingerprint density at radius 2 is 2.56 bits per heavy atom. The molecule has 1 fully saturated rings. The van der Waals surface area contributed by atoms with Gasteiger partial charge in [-0.25, -0.2) is 5.10 Å². The van der Waals surface area contributed by atoms with Gasteiger partial charge in [0.2, 0.25) is 11.9 Å². The Morgan fingerprint density at radius 1 is 1.67 bits per heavy atom. The smallest absolute Gasteiger partial charge is 0.337 e. The highest BCUT2D eigenvalue weighted by Gasteiger charge is 2.17. The summed E-state index contributed by atoms with van der Waals surface area (Å²) in [6, 6.07) is 0.243.